The topological polar surface area (TPSA) is 18.5 Å². The largest absolute Gasteiger partial charge is 0.310 e. The molecule has 0 unspecified atom stereocenters. The van der Waals surface area contributed by atoms with Gasteiger partial charge in [-0.3, -0.25) is 9.80 Å². The first-order chi connectivity index (χ1) is 8.45. The first kappa shape index (κ1) is 14.0. The molecule has 3 heteroatoms. The minimum absolute atomic E-state index is 0.316. The summed E-state index contributed by atoms with van der Waals surface area (Å²) in [6.45, 7) is 17.9. The van der Waals surface area contributed by atoms with E-state index < -0.39 is 0 Å². The molecule has 104 valence electrons. The van der Waals surface area contributed by atoms with E-state index in [1.54, 1.807) is 0 Å². The second-order valence-corrected chi connectivity index (χ2v) is 6.84. The molecule has 2 aliphatic rings. The summed E-state index contributed by atoms with van der Waals surface area (Å²) in [7, 11) is 0. The van der Waals surface area contributed by atoms with E-state index >= 15 is 0 Å². The van der Waals surface area contributed by atoms with Gasteiger partial charge in [0.05, 0.1) is 0 Å². The van der Waals surface area contributed by atoms with Crippen molar-refractivity contribution in [1.82, 2.24) is 15.1 Å². The molecule has 3 nitrogen and oxygen atoms in total. The van der Waals surface area contributed by atoms with Crippen molar-refractivity contribution < 1.29 is 0 Å². The van der Waals surface area contributed by atoms with Crippen molar-refractivity contribution in [2.75, 3.05) is 39.3 Å². The van der Waals surface area contributed by atoms with Gasteiger partial charge in [0.25, 0.3) is 0 Å². The summed E-state index contributed by atoms with van der Waals surface area (Å²) < 4.78 is 0. The van der Waals surface area contributed by atoms with Crippen LogP contribution in [0.1, 0.15) is 33.6 Å². The van der Waals surface area contributed by atoms with Gasteiger partial charge in [-0.2, -0.15) is 0 Å². The van der Waals surface area contributed by atoms with Crippen molar-refractivity contribution in [3.8, 4) is 0 Å². The molecule has 1 saturated carbocycles. The molecule has 0 aromatic carbocycles. The number of hydrogen-bond donors (Lipinski definition) is 1. The Kier molecular flexibility index (Phi) is 4.46. The van der Waals surface area contributed by atoms with Gasteiger partial charge in [-0.05, 0) is 39.2 Å². The van der Waals surface area contributed by atoms with Gasteiger partial charge in [0.15, 0.2) is 0 Å². The van der Waals surface area contributed by atoms with Crippen molar-refractivity contribution in [3.63, 3.8) is 0 Å². The zero-order valence-electron chi connectivity index (χ0n) is 12.3. The van der Waals surface area contributed by atoms with E-state index in [-0.39, 0.29) is 0 Å². The van der Waals surface area contributed by atoms with Crippen LogP contribution in [0.2, 0.25) is 0 Å². The summed E-state index contributed by atoms with van der Waals surface area (Å²) in [6, 6.07) is 0.791. The second kappa shape index (κ2) is 5.72. The van der Waals surface area contributed by atoms with Gasteiger partial charge >= 0.3 is 0 Å². The molecular weight excluding hydrogens is 222 g/mol. The van der Waals surface area contributed by atoms with Crippen molar-refractivity contribution in [3.05, 3.63) is 12.2 Å². The van der Waals surface area contributed by atoms with Crippen LogP contribution in [0.4, 0.5) is 0 Å². The molecule has 2 fully saturated rings. The summed E-state index contributed by atoms with van der Waals surface area (Å²) in [5, 5.41) is 3.54. The highest BCUT2D eigenvalue weighted by Crippen LogP contribution is 2.19. The molecular formula is C15H29N3. The first-order valence-electron chi connectivity index (χ1n) is 7.32. The smallest absolute Gasteiger partial charge is 0.0203 e. The molecule has 0 aromatic rings. The van der Waals surface area contributed by atoms with Gasteiger partial charge in [-0.15, -0.1) is 0 Å². The lowest BCUT2D eigenvalue weighted by Crippen LogP contribution is -2.53. The Bertz CT molecular complexity index is 281. The minimum Gasteiger partial charge on any atom is -0.310 e. The quantitative estimate of drug-likeness (QED) is 0.751. The molecule has 0 amide bonds. The summed E-state index contributed by atoms with van der Waals surface area (Å²) >= 11 is 0. The van der Waals surface area contributed by atoms with Crippen LogP contribution >= 0.6 is 0 Å². The number of hydrogen-bond acceptors (Lipinski definition) is 3. The van der Waals surface area contributed by atoms with Gasteiger partial charge < -0.3 is 5.32 Å². The standard InChI is InChI=1S/C15H29N3/c1-13(11-16-14-5-6-14)12-17-7-9-18(10-8-17)15(2,3)4/h14,16H,1,5-12H2,2-4H3. The molecule has 1 aliphatic carbocycles. The number of piperazine rings is 1. The Morgan fingerprint density at radius 2 is 1.78 bits per heavy atom. The first-order valence-corrected chi connectivity index (χ1v) is 7.32. The van der Waals surface area contributed by atoms with Gasteiger partial charge in [0.1, 0.15) is 0 Å². The zero-order chi connectivity index (χ0) is 13.2. The van der Waals surface area contributed by atoms with Crippen LogP contribution in [0.25, 0.3) is 0 Å². The number of nitrogens with zero attached hydrogens (tertiary/aromatic N) is 2. The summed E-state index contributed by atoms with van der Waals surface area (Å²) in [4.78, 5) is 5.12. The lowest BCUT2D eigenvalue weighted by molar-refractivity contribution is 0.0662. The highest BCUT2D eigenvalue weighted by molar-refractivity contribution is 5.02. The molecule has 1 heterocycles. The predicted molar refractivity (Wildman–Crippen MR) is 77.9 cm³/mol. The van der Waals surface area contributed by atoms with Crippen LogP contribution < -0.4 is 5.32 Å². The maximum atomic E-state index is 4.20. The summed E-state index contributed by atoms with van der Waals surface area (Å²) in [5.41, 5.74) is 1.66. The summed E-state index contributed by atoms with van der Waals surface area (Å²) in [6.07, 6.45) is 2.72. The van der Waals surface area contributed by atoms with Crippen LogP contribution in [0, 0.1) is 0 Å². The minimum atomic E-state index is 0.316. The molecule has 18 heavy (non-hydrogen) atoms. The molecule has 0 atom stereocenters. The molecule has 1 saturated heterocycles. The van der Waals surface area contributed by atoms with Crippen molar-refractivity contribution in [2.24, 2.45) is 0 Å². The molecule has 0 bridgehead atoms. The monoisotopic (exact) mass is 251 g/mol. The Labute approximate surface area is 112 Å². The highest BCUT2D eigenvalue weighted by Gasteiger charge is 2.26. The molecule has 0 spiro atoms. The van der Waals surface area contributed by atoms with Crippen molar-refractivity contribution in [2.45, 2.75) is 45.2 Å². The number of nitrogens with one attached hydrogen (secondary N) is 1. The van der Waals surface area contributed by atoms with Crippen molar-refractivity contribution >= 4 is 0 Å². The molecule has 1 N–H and O–H groups in total. The SMILES string of the molecule is C=C(CNC1CC1)CN1CCN(C(C)(C)C)CC1. The normalized spacial score (nSPS) is 23.3. The third-order valence-electron chi connectivity index (χ3n) is 3.99. The Morgan fingerprint density at radius 3 is 2.28 bits per heavy atom. The fourth-order valence-corrected chi connectivity index (χ4v) is 2.53. The third-order valence-corrected chi connectivity index (χ3v) is 3.99. The third kappa shape index (κ3) is 4.38. The van der Waals surface area contributed by atoms with Gasteiger partial charge in [-0.25, -0.2) is 0 Å². The van der Waals surface area contributed by atoms with Gasteiger partial charge in [-0.1, -0.05) is 6.58 Å². The van der Waals surface area contributed by atoms with Crippen LogP contribution in [0.15, 0.2) is 12.2 Å². The van der Waals surface area contributed by atoms with E-state index in [0.29, 0.717) is 5.54 Å². The Hall–Kier alpha value is -0.380. The van der Waals surface area contributed by atoms with Crippen molar-refractivity contribution in [1.29, 1.82) is 0 Å². The maximum absolute atomic E-state index is 4.20. The molecule has 0 radical (unpaired) electrons. The Morgan fingerprint density at radius 1 is 1.17 bits per heavy atom. The maximum Gasteiger partial charge on any atom is 0.0203 e. The molecule has 0 aromatic heterocycles. The van der Waals surface area contributed by atoms with E-state index in [1.165, 1.54) is 44.6 Å². The molecule has 1 aliphatic heterocycles. The van der Waals surface area contributed by atoms with E-state index in [1.807, 2.05) is 0 Å². The number of rotatable bonds is 5. The zero-order valence-corrected chi connectivity index (χ0v) is 12.3. The lowest BCUT2D eigenvalue weighted by Gasteiger charge is -2.42. The fraction of sp³-hybridized carbons (Fsp3) is 0.867. The van der Waals surface area contributed by atoms with E-state index in [0.717, 1.165) is 19.1 Å². The second-order valence-electron chi connectivity index (χ2n) is 6.84. The Balaban J connectivity index is 1.64. The van der Waals surface area contributed by atoms with Crippen LogP contribution in [-0.2, 0) is 0 Å². The fourth-order valence-electron chi connectivity index (χ4n) is 2.53. The average Bonchev–Trinajstić information content (AvgIpc) is 3.09. The average molecular weight is 251 g/mol. The van der Waals surface area contributed by atoms with Gasteiger partial charge in [0.2, 0.25) is 0 Å². The van der Waals surface area contributed by atoms with E-state index in [2.05, 4.69) is 42.5 Å². The van der Waals surface area contributed by atoms with E-state index in [4.69, 9.17) is 0 Å². The van der Waals surface area contributed by atoms with Gasteiger partial charge in [0, 0.05) is 50.8 Å². The highest BCUT2D eigenvalue weighted by atomic mass is 15.3. The lowest BCUT2D eigenvalue weighted by atomic mass is 10.0. The van der Waals surface area contributed by atoms with Crippen LogP contribution in [0.5, 0.6) is 0 Å². The van der Waals surface area contributed by atoms with Crippen LogP contribution in [-0.4, -0.2) is 60.6 Å². The predicted octanol–water partition coefficient (Wildman–Crippen LogP) is 1.71. The van der Waals surface area contributed by atoms with E-state index in [9.17, 15) is 0 Å². The van der Waals surface area contributed by atoms with Crippen LogP contribution in [0.3, 0.4) is 0 Å². The molecule has 2 rings (SSSR count). The summed E-state index contributed by atoms with van der Waals surface area (Å²) in [5.74, 6) is 0.